The second kappa shape index (κ2) is 6.75. The molecule has 2 aromatic rings. The Bertz CT molecular complexity index is 573. The molecule has 2 rings (SSSR count). The number of benzene rings is 2. The topological polar surface area (TPSA) is 35.5 Å². The zero-order chi connectivity index (χ0) is 14.4. The summed E-state index contributed by atoms with van der Waals surface area (Å²) in [5.74, 6) is 2.30. The van der Waals surface area contributed by atoms with Crippen molar-refractivity contribution in [2.45, 2.75) is 20.3 Å². The van der Waals surface area contributed by atoms with E-state index in [-0.39, 0.29) is 0 Å². The molecular formula is C17H18O3. The highest BCUT2D eigenvalue weighted by atomic mass is 16.5. The minimum atomic E-state index is 0.681. The van der Waals surface area contributed by atoms with E-state index in [0.717, 1.165) is 35.5 Å². The number of aldehydes is 1. The molecule has 2 aromatic carbocycles. The lowest BCUT2D eigenvalue weighted by atomic mass is 10.1. The predicted octanol–water partition coefficient (Wildman–Crippen LogP) is 4.39. The van der Waals surface area contributed by atoms with Gasteiger partial charge in [-0.2, -0.15) is 0 Å². The molecule has 0 saturated carbocycles. The van der Waals surface area contributed by atoms with E-state index in [0.29, 0.717) is 12.2 Å². The van der Waals surface area contributed by atoms with Crippen molar-refractivity contribution in [1.29, 1.82) is 0 Å². The Morgan fingerprint density at radius 3 is 2.25 bits per heavy atom. The first-order chi connectivity index (χ1) is 9.72. The summed E-state index contributed by atoms with van der Waals surface area (Å²) in [6, 6.07) is 12.9. The van der Waals surface area contributed by atoms with Gasteiger partial charge in [-0.25, -0.2) is 0 Å². The molecule has 0 amide bonds. The van der Waals surface area contributed by atoms with E-state index >= 15 is 0 Å². The standard InChI is InChI=1S/C17H18O3/c1-3-10-19-15-6-8-16(9-7-15)20-17-5-4-14(12-18)13(2)11-17/h4-9,11-12H,3,10H2,1-2H3. The third kappa shape index (κ3) is 3.60. The molecule has 0 fully saturated rings. The van der Waals surface area contributed by atoms with Crippen molar-refractivity contribution in [3.05, 3.63) is 53.6 Å². The van der Waals surface area contributed by atoms with Gasteiger partial charge in [0.2, 0.25) is 0 Å². The molecule has 0 heterocycles. The van der Waals surface area contributed by atoms with E-state index in [1.807, 2.05) is 37.3 Å². The fourth-order valence-electron chi connectivity index (χ4n) is 1.80. The number of rotatable bonds is 6. The van der Waals surface area contributed by atoms with Gasteiger partial charge in [0.15, 0.2) is 0 Å². The van der Waals surface area contributed by atoms with Crippen molar-refractivity contribution in [3.63, 3.8) is 0 Å². The van der Waals surface area contributed by atoms with Crippen LogP contribution in [0.1, 0.15) is 29.3 Å². The van der Waals surface area contributed by atoms with Crippen molar-refractivity contribution in [2.75, 3.05) is 6.61 Å². The van der Waals surface area contributed by atoms with Crippen LogP contribution in [0.5, 0.6) is 17.2 Å². The average Bonchev–Trinajstić information content (AvgIpc) is 2.47. The Labute approximate surface area is 119 Å². The Kier molecular flexibility index (Phi) is 4.77. The van der Waals surface area contributed by atoms with Crippen molar-refractivity contribution in [1.82, 2.24) is 0 Å². The summed E-state index contributed by atoms with van der Waals surface area (Å²) in [5.41, 5.74) is 1.58. The number of hydrogen-bond acceptors (Lipinski definition) is 3. The van der Waals surface area contributed by atoms with Gasteiger partial charge in [-0.1, -0.05) is 6.92 Å². The van der Waals surface area contributed by atoms with Crippen LogP contribution in [0.4, 0.5) is 0 Å². The average molecular weight is 270 g/mol. The van der Waals surface area contributed by atoms with Crippen LogP contribution < -0.4 is 9.47 Å². The molecule has 3 nitrogen and oxygen atoms in total. The molecule has 104 valence electrons. The lowest BCUT2D eigenvalue weighted by Gasteiger charge is -2.09. The summed E-state index contributed by atoms with van der Waals surface area (Å²) in [4.78, 5) is 10.8. The second-order valence-electron chi connectivity index (χ2n) is 4.56. The van der Waals surface area contributed by atoms with E-state index < -0.39 is 0 Å². The summed E-state index contributed by atoms with van der Waals surface area (Å²) in [6.07, 6.45) is 1.83. The monoisotopic (exact) mass is 270 g/mol. The summed E-state index contributed by atoms with van der Waals surface area (Å²) < 4.78 is 11.3. The number of aryl methyl sites for hydroxylation is 1. The molecule has 0 aliphatic rings. The van der Waals surface area contributed by atoms with Gasteiger partial charge in [-0.3, -0.25) is 4.79 Å². The highest BCUT2D eigenvalue weighted by Gasteiger charge is 2.02. The van der Waals surface area contributed by atoms with Gasteiger partial charge in [0.25, 0.3) is 0 Å². The number of ether oxygens (including phenoxy) is 2. The summed E-state index contributed by atoms with van der Waals surface area (Å²) in [5, 5.41) is 0. The molecule has 0 aliphatic heterocycles. The molecule has 0 bridgehead atoms. The summed E-state index contributed by atoms with van der Waals surface area (Å²) >= 11 is 0. The smallest absolute Gasteiger partial charge is 0.150 e. The highest BCUT2D eigenvalue weighted by molar-refractivity contribution is 5.77. The van der Waals surface area contributed by atoms with Gasteiger partial charge in [-0.05, 0) is 61.4 Å². The Hall–Kier alpha value is -2.29. The maximum Gasteiger partial charge on any atom is 0.150 e. The molecule has 0 spiro atoms. The van der Waals surface area contributed by atoms with Crippen LogP contribution in [0.25, 0.3) is 0 Å². The molecule has 0 unspecified atom stereocenters. The lowest BCUT2D eigenvalue weighted by molar-refractivity contribution is 0.112. The van der Waals surface area contributed by atoms with E-state index in [2.05, 4.69) is 6.92 Å². The number of hydrogen-bond donors (Lipinski definition) is 0. The van der Waals surface area contributed by atoms with E-state index in [1.165, 1.54) is 0 Å². The Balaban J connectivity index is 2.06. The van der Waals surface area contributed by atoms with Crippen molar-refractivity contribution < 1.29 is 14.3 Å². The van der Waals surface area contributed by atoms with Crippen molar-refractivity contribution >= 4 is 6.29 Å². The third-order valence-electron chi connectivity index (χ3n) is 2.90. The van der Waals surface area contributed by atoms with Gasteiger partial charge in [-0.15, -0.1) is 0 Å². The molecule has 0 saturated heterocycles. The van der Waals surface area contributed by atoms with Crippen LogP contribution in [-0.2, 0) is 0 Å². The molecule has 0 radical (unpaired) electrons. The number of carbonyl (C=O) groups is 1. The first kappa shape index (κ1) is 14.1. The minimum Gasteiger partial charge on any atom is -0.494 e. The second-order valence-corrected chi connectivity index (χ2v) is 4.56. The molecule has 3 heteroatoms. The molecule has 20 heavy (non-hydrogen) atoms. The zero-order valence-electron chi connectivity index (χ0n) is 11.8. The van der Waals surface area contributed by atoms with Crippen LogP contribution in [0, 0.1) is 6.92 Å². The van der Waals surface area contributed by atoms with E-state index in [9.17, 15) is 4.79 Å². The fraction of sp³-hybridized carbons (Fsp3) is 0.235. The Morgan fingerprint density at radius 2 is 1.65 bits per heavy atom. The van der Waals surface area contributed by atoms with Gasteiger partial charge in [0.1, 0.15) is 23.5 Å². The molecule has 0 atom stereocenters. The maximum atomic E-state index is 10.8. The minimum absolute atomic E-state index is 0.681. The third-order valence-corrected chi connectivity index (χ3v) is 2.90. The first-order valence-corrected chi connectivity index (χ1v) is 6.69. The number of carbonyl (C=O) groups excluding carboxylic acids is 1. The van der Waals surface area contributed by atoms with Crippen LogP contribution in [0.15, 0.2) is 42.5 Å². The quantitative estimate of drug-likeness (QED) is 0.730. The normalized spacial score (nSPS) is 10.1. The Morgan fingerprint density at radius 1 is 1.00 bits per heavy atom. The van der Waals surface area contributed by atoms with Gasteiger partial charge < -0.3 is 9.47 Å². The zero-order valence-corrected chi connectivity index (χ0v) is 11.8. The summed E-state index contributed by atoms with van der Waals surface area (Å²) in [7, 11) is 0. The van der Waals surface area contributed by atoms with Gasteiger partial charge >= 0.3 is 0 Å². The van der Waals surface area contributed by atoms with Crippen molar-refractivity contribution in [3.8, 4) is 17.2 Å². The lowest BCUT2D eigenvalue weighted by Crippen LogP contribution is -1.94. The molecule has 0 aromatic heterocycles. The molecular weight excluding hydrogens is 252 g/mol. The van der Waals surface area contributed by atoms with Gasteiger partial charge in [0.05, 0.1) is 6.61 Å². The fourth-order valence-corrected chi connectivity index (χ4v) is 1.80. The van der Waals surface area contributed by atoms with Gasteiger partial charge in [0, 0.05) is 5.56 Å². The first-order valence-electron chi connectivity index (χ1n) is 6.69. The predicted molar refractivity (Wildman–Crippen MR) is 78.9 cm³/mol. The van der Waals surface area contributed by atoms with E-state index in [1.54, 1.807) is 12.1 Å². The maximum absolute atomic E-state index is 10.8. The highest BCUT2D eigenvalue weighted by Crippen LogP contribution is 2.25. The van der Waals surface area contributed by atoms with Crippen molar-refractivity contribution in [2.24, 2.45) is 0 Å². The van der Waals surface area contributed by atoms with Crippen LogP contribution in [0.3, 0.4) is 0 Å². The molecule has 0 aliphatic carbocycles. The van der Waals surface area contributed by atoms with E-state index in [4.69, 9.17) is 9.47 Å². The summed E-state index contributed by atoms with van der Waals surface area (Å²) in [6.45, 7) is 4.67. The van der Waals surface area contributed by atoms with Crippen LogP contribution in [0.2, 0.25) is 0 Å². The molecule has 0 N–H and O–H groups in total. The SMILES string of the molecule is CCCOc1ccc(Oc2ccc(C=O)c(C)c2)cc1. The van der Waals surface area contributed by atoms with Crippen LogP contribution >= 0.6 is 0 Å². The largest absolute Gasteiger partial charge is 0.494 e. The van der Waals surface area contributed by atoms with Crippen LogP contribution in [-0.4, -0.2) is 12.9 Å².